The molecule has 0 radical (unpaired) electrons. The van der Waals surface area contributed by atoms with Crippen molar-refractivity contribution in [3.05, 3.63) is 61.9 Å². The molecule has 3 rings (SSSR count). The Morgan fingerprint density at radius 3 is 2.91 bits per heavy atom. The summed E-state index contributed by atoms with van der Waals surface area (Å²) in [6.07, 6.45) is 4.55. The molecular formula is C15H12ClN3O3. The van der Waals surface area contributed by atoms with Crippen molar-refractivity contribution in [3.8, 4) is 0 Å². The van der Waals surface area contributed by atoms with E-state index in [1.807, 2.05) is 7.05 Å². The molecular weight excluding hydrogens is 306 g/mol. The lowest BCUT2D eigenvalue weighted by atomic mass is 9.90. The zero-order chi connectivity index (χ0) is 15.9. The van der Waals surface area contributed by atoms with E-state index in [1.54, 1.807) is 23.0 Å². The van der Waals surface area contributed by atoms with Gasteiger partial charge < -0.3 is 0 Å². The van der Waals surface area contributed by atoms with Crippen LogP contribution in [0.3, 0.4) is 0 Å². The number of allylic oxidation sites excluding steroid dienone is 1. The third-order valence-corrected chi connectivity index (χ3v) is 4.06. The number of halogens is 1. The van der Waals surface area contributed by atoms with Gasteiger partial charge in [-0.1, -0.05) is 17.7 Å². The lowest BCUT2D eigenvalue weighted by Crippen LogP contribution is -2.14. The lowest BCUT2D eigenvalue weighted by molar-refractivity contribution is -0.384. The first kappa shape index (κ1) is 14.5. The van der Waals surface area contributed by atoms with E-state index >= 15 is 0 Å². The van der Waals surface area contributed by atoms with E-state index in [4.69, 9.17) is 11.6 Å². The number of carbonyl (C=O) groups is 1. The van der Waals surface area contributed by atoms with E-state index in [0.29, 0.717) is 23.1 Å². The van der Waals surface area contributed by atoms with Gasteiger partial charge in [0, 0.05) is 24.4 Å². The van der Waals surface area contributed by atoms with Crippen molar-refractivity contribution in [1.82, 2.24) is 9.78 Å². The Morgan fingerprint density at radius 1 is 1.41 bits per heavy atom. The highest BCUT2D eigenvalue weighted by molar-refractivity contribution is 6.32. The van der Waals surface area contributed by atoms with Crippen LogP contribution in [0.4, 0.5) is 5.69 Å². The highest BCUT2D eigenvalue weighted by Gasteiger charge is 2.25. The van der Waals surface area contributed by atoms with E-state index in [9.17, 15) is 14.9 Å². The molecule has 1 aromatic carbocycles. The molecule has 6 nitrogen and oxygen atoms in total. The number of ketones is 1. The number of aryl methyl sites for hydroxylation is 1. The molecule has 2 aromatic rings. The Hall–Kier alpha value is -2.47. The minimum absolute atomic E-state index is 0.0769. The summed E-state index contributed by atoms with van der Waals surface area (Å²) in [7, 11) is 1.81. The number of fused-ring (bicyclic) bond motifs is 1. The predicted octanol–water partition coefficient (Wildman–Crippen LogP) is 3.19. The Morgan fingerprint density at radius 2 is 2.18 bits per heavy atom. The smallest absolute Gasteiger partial charge is 0.288 e. The van der Waals surface area contributed by atoms with Crippen LogP contribution in [-0.2, 0) is 13.5 Å². The minimum atomic E-state index is -0.535. The second kappa shape index (κ2) is 5.38. The SMILES string of the molecule is Cn1ncc2c1CCC(=Cc1ccc(Cl)c([N+](=O)[O-])c1)C2=O. The molecule has 0 aliphatic heterocycles. The zero-order valence-corrected chi connectivity index (χ0v) is 12.5. The van der Waals surface area contributed by atoms with Crippen LogP contribution in [0, 0.1) is 10.1 Å². The zero-order valence-electron chi connectivity index (χ0n) is 11.7. The molecule has 0 atom stereocenters. The maximum atomic E-state index is 12.4. The van der Waals surface area contributed by atoms with Crippen molar-refractivity contribution in [2.45, 2.75) is 12.8 Å². The maximum absolute atomic E-state index is 12.4. The van der Waals surface area contributed by atoms with Crippen LogP contribution in [0.25, 0.3) is 6.08 Å². The van der Waals surface area contributed by atoms with Crippen LogP contribution in [0.15, 0.2) is 30.0 Å². The van der Waals surface area contributed by atoms with Gasteiger partial charge in [0.25, 0.3) is 5.69 Å². The predicted molar refractivity (Wildman–Crippen MR) is 81.9 cm³/mol. The third-order valence-electron chi connectivity index (χ3n) is 3.74. The summed E-state index contributed by atoms with van der Waals surface area (Å²) < 4.78 is 1.71. The van der Waals surface area contributed by atoms with Gasteiger partial charge in [-0.05, 0) is 30.5 Å². The number of benzene rings is 1. The summed E-state index contributed by atoms with van der Waals surface area (Å²) in [6.45, 7) is 0. The molecule has 0 amide bonds. The summed E-state index contributed by atoms with van der Waals surface area (Å²) in [5.74, 6) is -0.0769. The lowest BCUT2D eigenvalue weighted by Gasteiger charge is -2.14. The average molecular weight is 318 g/mol. The van der Waals surface area contributed by atoms with Gasteiger partial charge in [0.1, 0.15) is 5.02 Å². The average Bonchev–Trinajstić information content (AvgIpc) is 2.86. The van der Waals surface area contributed by atoms with Gasteiger partial charge in [0.2, 0.25) is 0 Å². The monoisotopic (exact) mass is 317 g/mol. The molecule has 1 aliphatic rings. The van der Waals surface area contributed by atoms with Crippen molar-refractivity contribution in [2.24, 2.45) is 7.05 Å². The number of aromatic nitrogens is 2. The van der Waals surface area contributed by atoms with E-state index in [1.165, 1.54) is 12.1 Å². The normalized spacial score (nSPS) is 15.9. The number of carbonyl (C=O) groups excluding carboxylic acids is 1. The first-order valence-corrected chi connectivity index (χ1v) is 7.05. The van der Waals surface area contributed by atoms with Crippen molar-refractivity contribution in [1.29, 1.82) is 0 Å². The molecule has 1 heterocycles. The fraction of sp³-hybridized carbons (Fsp3) is 0.200. The van der Waals surface area contributed by atoms with E-state index in [-0.39, 0.29) is 16.5 Å². The van der Waals surface area contributed by atoms with Crippen molar-refractivity contribution >= 4 is 29.1 Å². The fourth-order valence-corrected chi connectivity index (χ4v) is 2.77. The number of hydrogen-bond acceptors (Lipinski definition) is 4. The van der Waals surface area contributed by atoms with Crippen molar-refractivity contribution in [2.75, 3.05) is 0 Å². The summed E-state index contributed by atoms with van der Waals surface area (Å²) in [5.41, 5.74) is 2.57. The van der Waals surface area contributed by atoms with Crippen LogP contribution in [-0.4, -0.2) is 20.5 Å². The topological polar surface area (TPSA) is 78.0 Å². The Balaban J connectivity index is 1.98. The Bertz CT molecular complexity index is 823. The molecule has 0 spiro atoms. The highest BCUT2D eigenvalue weighted by atomic mass is 35.5. The number of nitro benzene ring substituents is 1. The van der Waals surface area contributed by atoms with Crippen LogP contribution in [0.1, 0.15) is 28.0 Å². The fourth-order valence-electron chi connectivity index (χ4n) is 2.59. The van der Waals surface area contributed by atoms with Gasteiger partial charge in [0.15, 0.2) is 5.78 Å². The summed E-state index contributed by atoms with van der Waals surface area (Å²) in [4.78, 5) is 22.8. The van der Waals surface area contributed by atoms with Crippen LogP contribution in [0.5, 0.6) is 0 Å². The molecule has 112 valence electrons. The highest BCUT2D eigenvalue weighted by Crippen LogP contribution is 2.29. The van der Waals surface area contributed by atoms with Crippen LogP contribution in [0.2, 0.25) is 5.02 Å². The molecule has 22 heavy (non-hydrogen) atoms. The van der Waals surface area contributed by atoms with Crippen LogP contribution >= 0.6 is 11.6 Å². The maximum Gasteiger partial charge on any atom is 0.288 e. The van der Waals surface area contributed by atoms with E-state index in [2.05, 4.69) is 5.10 Å². The van der Waals surface area contributed by atoms with Crippen LogP contribution < -0.4 is 0 Å². The van der Waals surface area contributed by atoms with E-state index < -0.39 is 4.92 Å². The first-order chi connectivity index (χ1) is 10.5. The first-order valence-electron chi connectivity index (χ1n) is 6.67. The standard InChI is InChI=1S/C15H12ClN3O3/c1-18-13-5-3-10(15(20)11(13)8-17-18)6-9-2-4-12(16)14(7-9)19(21)22/h2,4,6-8H,3,5H2,1H3. The molecule has 0 bridgehead atoms. The Labute approximate surface area is 131 Å². The van der Waals surface area contributed by atoms with Gasteiger partial charge in [-0.2, -0.15) is 5.10 Å². The second-order valence-corrected chi connectivity index (χ2v) is 5.50. The number of nitro groups is 1. The molecule has 0 saturated heterocycles. The summed E-state index contributed by atoms with van der Waals surface area (Å²) in [5, 5.41) is 15.1. The number of rotatable bonds is 2. The number of hydrogen-bond donors (Lipinski definition) is 0. The minimum Gasteiger partial charge on any atom is -0.289 e. The summed E-state index contributed by atoms with van der Waals surface area (Å²) in [6, 6.07) is 4.50. The molecule has 0 saturated carbocycles. The Kier molecular flexibility index (Phi) is 3.54. The molecule has 7 heteroatoms. The number of nitrogens with zero attached hydrogens (tertiary/aromatic N) is 3. The van der Waals surface area contributed by atoms with Gasteiger partial charge in [-0.15, -0.1) is 0 Å². The quantitative estimate of drug-likeness (QED) is 0.484. The molecule has 1 aromatic heterocycles. The third kappa shape index (κ3) is 2.42. The molecule has 0 N–H and O–H groups in total. The van der Waals surface area contributed by atoms with Crippen molar-refractivity contribution < 1.29 is 9.72 Å². The summed E-state index contributed by atoms with van der Waals surface area (Å²) >= 11 is 5.79. The van der Waals surface area contributed by atoms with Gasteiger partial charge in [0.05, 0.1) is 16.7 Å². The molecule has 1 aliphatic carbocycles. The van der Waals surface area contributed by atoms with Gasteiger partial charge >= 0.3 is 0 Å². The number of Topliss-reactive ketones (excluding diaryl/α,β-unsaturated/α-hetero) is 1. The van der Waals surface area contributed by atoms with Gasteiger partial charge in [-0.25, -0.2) is 0 Å². The van der Waals surface area contributed by atoms with Crippen molar-refractivity contribution in [3.63, 3.8) is 0 Å². The molecule has 0 unspecified atom stereocenters. The van der Waals surface area contributed by atoms with Gasteiger partial charge in [-0.3, -0.25) is 19.6 Å². The molecule has 0 fully saturated rings. The second-order valence-electron chi connectivity index (χ2n) is 5.10. The van der Waals surface area contributed by atoms with E-state index in [0.717, 1.165) is 12.1 Å². The largest absolute Gasteiger partial charge is 0.289 e.